The second kappa shape index (κ2) is 7.01. The number of hydrogen-bond donors (Lipinski definition) is 1. The normalized spacial score (nSPS) is 11.3. The van der Waals surface area contributed by atoms with E-state index in [-0.39, 0.29) is 18.9 Å². The number of carbonyl (C=O) groups excluding carboxylic acids is 2. The highest BCUT2D eigenvalue weighted by Gasteiger charge is 2.20. The molecular formula is C18H20ClNO3. The third-order valence-electron chi connectivity index (χ3n) is 3.35. The van der Waals surface area contributed by atoms with Crippen LogP contribution in [0.15, 0.2) is 36.4 Å². The summed E-state index contributed by atoms with van der Waals surface area (Å²) in [5.41, 5.74) is -0.476. The van der Waals surface area contributed by atoms with Crippen molar-refractivity contribution < 1.29 is 14.3 Å². The van der Waals surface area contributed by atoms with Gasteiger partial charge in [0.1, 0.15) is 5.75 Å². The van der Waals surface area contributed by atoms with E-state index in [1.54, 1.807) is 12.1 Å². The van der Waals surface area contributed by atoms with E-state index in [4.69, 9.17) is 16.3 Å². The molecule has 0 radical (unpaired) electrons. The van der Waals surface area contributed by atoms with Gasteiger partial charge in [0.25, 0.3) is 0 Å². The van der Waals surface area contributed by atoms with Crippen LogP contribution in [0.5, 0.6) is 5.75 Å². The van der Waals surface area contributed by atoms with E-state index in [1.807, 2.05) is 45.0 Å². The Balaban J connectivity index is 1.99. The van der Waals surface area contributed by atoms with Crippen LogP contribution in [0.4, 0.5) is 0 Å². The van der Waals surface area contributed by atoms with Gasteiger partial charge in [0.05, 0.1) is 6.42 Å². The molecule has 0 fully saturated rings. The van der Waals surface area contributed by atoms with Crippen LogP contribution >= 0.6 is 11.6 Å². The highest BCUT2D eigenvalue weighted by molar-refractivity contribution is 6.35. The predicted molar refractivity (Wildman–Crippen MR) is 91.7 cm³/mol. The van der Waals surface area contributed by atoms with Crippen LogP contribution in [0.2, 0.25) is 5.02 Å². The van der Waals surface area contributed by atoms with E-state index in [0.29, 0.717) is 10.8 Å². The van der Waals surface area contributed by atoms with Crippen LogP contribution in [0.25, 0.3) is 10.8 Å². The number of nitrogens with one attached hydrogen (secondary N) is 1. The molecule has 0 saturated heterocycles. The summed E-state index contributed by atoms with van der Waals surface area (Å²) in [5, 5.41) is 4.95. The van der Waals surface area contributed by atoms with Gasteiger partial charge in [-0.2, -0.15) is 0 Å². The van der Waals surface area contributed by atoms with Gasteiger partial charge in [-0.05, 0) is 12.1 Å². The van der Waals surface area contributed by atoms with Gasteiger partial charge in [0.2, 0.25) is 5.91 Å². The molecule has 1 amide bonds. The van der Waals surface area contributed by atoms with Crippen molar-refractivity contribution in [2.24, 2.45) is 5.41 Å². The summed E-state index contributed by atoms with van der Waals surface area (Å²) in [6.45, 7) is 5.71. The van der Waals surface area contributed by atoms with Crippen LogP contribution in [0, 0.1) is 5.41 Å². The minimum atomic E-state index is -0.476. The number of amides is 1. The Morgan fingerprint density at radius 2 is 1.74 bits per heavy atom. The first kappa shape index (κ1) is 17.3. The first-order valence-corrected chi connectivity index (χ1v) is 7.83. The number of rotatable bonds is 4. The van der Waals surface area contributed by atoms with Crippen LogP contribution in [-0.4, -0.2) is 18.4 Å². The monoisotopic (exact) mass is 333 g/mol. The number of benzene rings is 2. The maximum Gasteiger partial charge on any atom is 0.312 e. The molecule has 1 N–H and O–H groups in total. The van der Waals surface area contributed by atoms with E-state index in [2.05, 4.69) is 5.32 Å². The standard InChI is InChI=1S/C18H20ClNO3/c1-18(2,3)17(22)20-11-10-16(21)23-15-9-8-14(19)12-6-4-5-7-13(12)15/h4-9H,10-11H2,1-3H3,(H,20,22). The zero-order valence-electron chi connectivity index (χ0n) is 13.5. The van der Waals surface area contributed by atoms with Crippen LogP contribution in [-0.2, 0) is 9.59 Å². The molecule has 0 saturated carbocycles. The zero-order valence-corrected chi connectivity index (χ0v) is 14.2. The number of halogens is 1. The van der Waals surface area contributed by atoms with Crippen LogP contribution in [0.3, 0.4) is 0 Å². The van der Waals surface area contributed by atoms with E-state index in [0.717, 1.165) is 10.8 Å². The molecule has 0 aliphatic carbocycles. The van der Waals surface area contributed by atoms with Crippen molar-refractivity contribution in [2.75, 3.05) is 6.54 Å². The lowest BCUT2D eigenvalue weighted by Gasteiger charge is -2.17. The Kier molecular flexibility index (Phi) is 5.26. The molecule has 0 spiro atoms. The Hall–Kier alpha value is -2.07. The fourth-order valence-corrected chi connectivity index (χ4v) is 2.27. The highest BCUT2D eigenvalue weighted by Crippen LogP contribution is 2.31. The largest absolute Gasteiger partial charge is 0.426 e. The molecule has 0 heterocycles. The maximum absolute atomic E-state index is 12.0. The minimum absolute atomic E-state index is 0.0951. The van der Waals surface area contributed by atoms with Crippen molar-refractivity contribution in [3.05, 3.63) is 41.4 Å². The van der Waals surface area contributed by atoms with E-state index in [1.165, 1.54) is 0 Å². The van der Waals surface area contributed by atoms with E-state index >= 15 is 0 Å². The topological polar surface area (TPSA) is 55.4 Å². The molecule has 2 aromatic carbocycles. The van der Waals surface area contributed by atoms with Gasteiger partial charge >= 0.3 is 5.97 Å². The van der Waals surface area contributed by atoms with Gasteiger partial charge in [0.15, 0.2) is 0 Å². The lowest BCUT2D eigenvalue weighted by molar-refractivity contribution is -0.134. The minimum Gasteiger partial charge on any atom is -0.426 e. The fraction of sp³-hybridized carbons (Fsp3) is 0.333. The maximum atomic E-state index is 12.0. The average Bonchev–Trinajstić information content (AvgIpc) is 2.49. The Morgan fingerprint density at radius 3 is 2.39 bits per heavy atom. The summed E-state index contributed by atoms with van der Waals surface area (Å²) in [6, 6.07) is 10.8. The molecule has 0 aliphatic heterocycles. The fourth-order valence-electron chi connectivity index (χ4n) is 2.04. The second-order valence-corrected chi connectivity index (χ2v) is 6.73. The first-order chi connectivity index (χ1) is 10.8. The molecule has 0 aromatic heterocycles. The summed E-state index contributed by atoms with van der Waals surface area (Å²) in [7, 11) is 0. The molecule has 0 unspecified atom stereocenters. The van der Waals surface area contributed by atoms with Crippen molar-refractivity contribution >= 4 is 34.2 Å². The summed E-state index contributed by atoms with van der Waals surface area (Å²) >= 11 is 6.14. The van der Waals surface area contributed by atoms with E-state index < -0.39 is 11.4 Å². The first-order valence-electron chi connectivity index (χ1n) is 7.45. The summed E-state index contributed by atoms with van der Waals surface area (Å²) in [5.74, 6) is -0.0222. The lowest BCUT2D eigenvalue weighted by Crippen LogP contribution is -2.36. The Labute approximate surface area is 140 Å². The molecule has 0 atom stereocenters. The SMILES string of the molecule is CC(C)(C)C(=O)NCCC(=O)Oc1ccc(Cl)c2ccccc12. The predicted octanol–water partition coefficient (Wildman–Crippen LogP) is 3.95. The Morgan fingerprint density at radius 1 is 1.09 bits per heavy atom. The summed E-state index contributed by atoms with van der Waals surface area (Å²) in [6.07, 6.45) is 0.110. The van der Waals surface area contributed by atoms with Gasteiger partial charge in [-0.15, -0.1) is 0 Å². The molecule has 0 bridgehead atoms. The van der Waals surface area contributed by atoms with Crippen LogP contribution < -0.4 is 10.1 Å². The number of fused-ring (bicyclic) bond motifs is 1. The second-order valence-electron chi connectivity index (χ2n) is 6.32. The average molecular weight is 334 g/mol. The third-order valence-corrected chi connectivity index (χ3v) is 3.68. The van der Waals surface area contributed by atoms with E-state index in [9.17, 15) is 9.59 Å². The molecule has 122 valence electrons. The van der Waals surface area contributed by atoms with Gasteiger partial charge < -0.3 is 10.1 Å². The number of hydrogen-bond acceptors (Lipinski definition) is 3. The third kappa shape index (κ3) is 4.45. The highest BCUT2D eigenvalue weighted by atomic mass is 35.5. The number of esters is 1. The molecule has 0 aliphatic rings. The van der Waals surface area contributed by atoms with Crippen molar-refractivity contribution in [2.45, 2.75) is 27.2 Å². The van der Waals surface area contributed by atoms with Gasteiger partial charge in [0, 0.05) is 27.8 Å². The molecule has 2 rings (SSSR count). The molecular weight excluding hydrogens is 314 g/mol. The Bertz CT molecular complexity index is 735. The van der Waals surface area contributed by atoms with Gasteiger partial charge in [-0.25, -0.2) is 0 Å². The molecule has 4 nitrogen and oxygen atoms in total. The molecule has 2 aromatic rings. The summed E-state index contributed by atoms with van der Waals surface area (Å²) < 4.78 is 5.40. The van der Waals surface area contributed by atoms with Crippen molar-refractivity contribution in [1.82, 2.24) is 5.32 Å². The van der Waals surface area contributed by atoms with Gasteiger partial charge in [-0.3, -0.25) is 9.59 Å². The van der Waals surface area contributed by atoms with Crippen molar-refractivity contribution in [1.29, 1.82) is 0 Å². The smallest absolute Gasteiger partial charge is 0.312 e. The quantitative estimate of drug-likeness (QED) is 0.680. The van der Waals surface area contributed by atoms with Crippen molar-refractivity contribution in [3.63, 3.8) is 0 Å². The zero-order chi connectivity index (χ0) is 17.0. The molecule has 23 heavy (non-hydrogen) atoms. The van der Waals surface area contributed by atoms with Crippen molar-refractivity contribution in [3.8, 4) is 5.75 Å². The lowest BCUT2D eigenvalue weighted by atomic mass is 9.96. The molecule has 5 heteroatoms. The summed E-state index contributed by atoms with van der Waals surface area (Å²) in [4.78, 5) is 23.7. The number of carbonyl (C=O) groups is 2. The van der Waals surface area contributed by atoms with Crippen LogP contribution in [0.1, 0.15) is 27.2 Å². The number of ether oxygens (including phenoxy) is 1. The van der Waals surface area contributed by atoms with Gasteiger partial charge in [-0.1, -0.05) is 56.6 Å².